The summed E-state index contributed by atoms with van der Waals surface area (Å²) in [6.07, 6.45) is 1.90. The SMILES string of the molecule is Cn1cccc1-c1cc(C(=O)NC[C@@H]2CN(c3ccccc3)CCO2)[nH]n1. The molecule has 0 bridgehead atoms. The number of amides is 1. The second kappa shape index (κ2) is 7.67. The zero-order chi connectivity index (χ0) is 18.6. The number of aryl methyl sites for hydroxylation is 1. The highest BCUT2D eigenvalue weighted by Gasteiger charge is 2.22. The molecule has 1 aromatic carbocycles. The van der Waals surface area contributed by atoms with Crippen molar-refractivity contribution in [2.75, 3.05) is 31.1 Å². The van der Waals surface area contributed by atoms with Crippen molar-refractivity contribution in [3.05, 3.63) is 60.4 Å². The molecule has 1 aliphatic heterocycles. The lowest BCUT2D eigenvalue weighted by molar-refractivity contribution is 0.0396. The number of ether oxygens (including phenoxy) is 1. The maximum atomic E-state index is 12.4. The Morgan fingerprint density at radius 1 is 1.30 bits per heavy atom. The van der Waals surface area contributed by atoms with E-state index in [0.717, 1.165) is 24.5 Å². The molecule has 0 radical (unpaired) electrons. The number of para-hydroxylation sites is 1. The number of nitrogens with one attached hydrogen (secondary N) is 2. The summed E-state index contributed by atoms with van der Waals surface area (Å²) in [7, 11) is 1.95. The summed E-state index contributed by atoms with van der Waals surface area (Å²) in [5.74, 6) is -0.177. The maximum absolute atomic E-state index is 12.4. The molecule has 2 N–H and O–H groups in total. The Hall–Kier alpha value is -3.06. The number of benzene rings is 1. The predicted molar refractivity (Wildman–Crippen MR) is 104 cm³/mol. The minimum atomic E-state index is -0.177. The minimum absolute atomic E-state index is 0.0434. The molecule has 4 rings (SSSR count). The number of aromatic nitrogens is 3. The number of H-pyrrole nitrogens is 1. The van der Waals surface area contributed by atoms with Crippen LogP contribution in [0.1, 0.15) is 10.5 Å². The van der Waals surface area contributed by atoms with Gasteiger partial charge in [0.15, 0.2) is 0 Å². The fourth-order valence-corrected chi connectivity index (χ4v) is 3.31. The molecule has 0 unspecified atom stereocenters. The first-order valence-electron chi connectivity index (χ1n) is 9.07. The monoisotopic (exact) mass is 365 g/mol. The zero-order valence-corrected chi connectivity index (χ0v) is 15.3. The van der Waals surface area contributed by atoms with Gasteiger partial charge in [-0.1, -0.05) is 18.2 Å². The first kappa shape index (κ1) is 17.4. The number of nitrogens with zero attached hydrogens (tertiary/aromatic N) is 3. The molecule has 140 valence electrons. The average molecular weight is 365 g/mol. The quantitative estimate of drug-likeness (QED) is 0.726. The number of rotatable bonds is 5. The lowest BCUT2D eigenvalue weighted by atomic mass is 10.2. The molecule has 7 heteroatoms. The highest BCUT2D eigenvalue weighted by Crippen LogP contribution is 2.18. The molecule has 1 saturated heterocycles. The Morgan fingerprint density at radius 2 is 2.15 bits per heavy atom. The van der Waals surface area contributed by atoms with Crippen molar-refractivity contribution < 1.29 is 9.53 Å². The summed E-state index contributed by atoms with van der Waals surface area (Å²) < 4.78 is 7.77. The summed E-state index contributed by atoms with van der Waals surface area (Å²) in [6.45, 7) is 2.72. The minimum Gasteiger partial charge on any atom is -0.373 e. The third kappa shape index (κ3) is 3.88. The van der Waals surface area contributed by atoms with Crippen molar-refractivity contribution in [3.8, 4) is 11.4 Å². The molecule has 27 heavy (non-hydrogen) atoms. The maximum Gasteiger partial charge on any atom is 0.269 e. The molecule has 0 saturated carbocycles. The Kier molecular flexibility index (Phi) is 4.93. The van der Waals surface area contributed by atoms with Crippen LogP contribution in [0.4, 0.5) is 5.69 Å². The Labute approximate surface area is 157 Å². The summed E-state index contributed by atoms with van der Waals surface area (Å²) in [4.78, 5) is 14.7. The van der Waals surface area contributed by atoms with Crippen molar-refractivity contribution in [1.29, 1.82) is 0 Å². The molecule has 7 nitrogen and oxygen atoms in total. The van der Waals surface area contributed by atoms with Gasteiger partial charge in [0.25, 0.3) is 5.91 Å². The van der Waals surface area contributed by atoms with E-state index in [1.165, 1.54) is 5.69 Å². The molecular formula is C20H23N5O2. The number of carbonyl (C=O) groups is 1. The molecule has 3 aromatic rings. The molecule has 3 heterocycles. The Balaban J connectivity index is 1.34. The van der Waals surface area contributed by atoms with Crippen LogP contribution in [0.3, 0.4) is 0 Å². The predicted octanol–water partition coefficient (Wildman–Crippen LogP) is 2.05. The topological polar surface area (TPSA) is 75.2 Å². The Morgan fingerprint density at radius 3 is 2.93 bits per heavy atom. The largest absolute Gasteiger partial charge is 0.373 e. The van der Waals surface area contributed by atoms with Crippen LogP contribution in [0.25, 0.3) is 11.4 Å². The van der Waals surface area contributed by atoms with E-state index in [9.17, 15) is 4.79 Å². The van der Waals surface area contributed by atoms with E-state index in [2.05, 4.69) is 32.5 Å². The third-order valence-corrected chi connectivity index (χ3v) is 4.78. The van der Waals surface area contributed by atoms with Crippen molar-refractivity contribution in [2.24, 2.45) is 7.05 Å². The van der Waals surface area contributed by atoms with E-state index in [-0.39, 0.29) is 12.0 Å². The third-order valence-electron chi connectivity index (χ3n) is 4.78. The van der Waals surface area contributed by atoms with Gasteiger partial charge >= 0.3 is 0 Å². The van der Waals surface area contributed by atoms with Gasteiger partial charge in [-0.3, -0.25) is 9.89 Å². The van der Waals surface area contributed by atoms with E-state index in [1.54, 1.807) is 6.07 Å². The van der Waals surface area contributed by atoms with E-state index >= 15 is 0 Å². The lowest BCUT2D eigenvalue weighted by Crippen LogP contribution is -2.47. The van der Waals surface area contributed by atoms with Gasteiger partial charge in [-0.25, -0.2) is 0 Å². The van der Waals surface area contributed by atoms with Gasteiger partial charge in [-0.05, 0) is 30.3 Å². The molecule has 1 aliphatic rings. The van der Waals surface area contributed by atoms with Gasteiger partial charge < -0.3 is 19.5 Å². The van der Waals surface area contributed by atoms with Crippen molar-refractivity contribution in [1.82, 2.24) is 20.1 Å². The highest BCUT2D eigenvalue weighted by molar-refractivity contribution is 5.93. The van der Waals surface area contributed by atoms with E-state index in [4.69, 9.17) is 4.74 Å². The number of morpholine rings is 1. The van der Waals surface area contributed by atoms with Crippen molar-refractivity contribution >= 4 is 11.6 Å². The van der Waals surface area contributed by atoms with E-state index in [1.807, 2.05) is 48.1 Å². The first-order valence-corrected chi connectivity index (χ1v) is 9.07. The van der Waals surface area contributed by atoms with Gasteiger partial charge in [0.1, 0.15) is 11.4 Å². The molecular weight excluding hydrogens is 342 g/mol. The van der Waals surface area contributed by atoms with Crippen molar-refractivity contribution in [2.45, 2.75) is 6.10 Å². The fourth-order valence-electron chi connectivity index (χ4n) is 3.31. The van der Waals surface area contributed by atoms with Gasteiger partial charge in [-0.2, -0.15) is 5.10 Å². The molecule has 2 aromatic heterocycles. The molecule has 1 fully saturated rings. The number of anilines is 1. The second-order valence-corrected chi connectivity index (χ2v) is 6.66. The molecule has 0 aliphatic carbocycles. The molecule has 0 spiro atoms. The standard InChI is InChI=1S/C20H23N5O2/c1-24-9-5-8-19(24)17-12-18(23-22-17)20(26)21-13-16-14-25(10-11-27-16)15-6-3-2-4-7-15/h2-9,12,16H,10-11,13-14H2,1H3,(H,21,26)(H,22,23)/t16-/m1/s1. The van der Waals surface area contributed by atoms with Crippen LogP contribution in [-0.4, -0.2) is 53.0 Å². The number of carbonyl (C=O) groups excluding carboxylic acids is 1. The van der Waals surface area contributed by atoms with Crippen LogP contribution < -0.4 is 10.2 Å². The molecule has 1 atom stereocenters. The van der Waals surface area contributed by atoms with Crippen LogP contribution in [0.2, 0.25) is 0 Å². The van der Waals surface area contributed by atoms with Crippen LogP contribution in [-0.2, 0) is 11.8 Å². The van der Waals surface area contributed by atoms with E-state index in [0.29, 0.717) is 18.8 Å². The number of hydrogen-bond donors (Lipinski definition) is 2. The van der Waals surface area contributed by atoms with Gasteiger partial charge in [-0.15, -0.1) is 0 Å². The van der Waals surface area contributed by atoms with E-state index < -0.39 is 0 Å². The summed E-state index contributed by atoms with van der Waals surface area (Å²) in [5, 5.41) is 10.0. The van der Waals surface area contributed by atoms with Crippen LogP contribution in [0, 0.1) is 0 Å². The van der Waals surface area contributed by atoms with Gasteiger partial charge in [0, 0.05) is 38.6 Å². The summed E-state index contributed by atoms with van der Waals surface area (Å²) in [6, 6.07) is 15.9. The first-order chi connectivity index (χ1) is 13.2. The smallest absolute Gasteiger partial charge is 0.269 e. The number of aromatic amines is 1. The van der Waals surface area contributed by atoms with Crippen LogP contribution in [0.15, 0.2) is 54.7 Å². The highest BCUT2D eigenvalue weighted by atomic mass is 16.5. The zero-order valence-electron chi connectivity index (χ0n) is 15.3. The second-order valence-electron chi connectivity index (χ2n) is 6.66. The van der Waals surface area contributed by atoms with Gasteiger partial charge in [0.05, 0.1) is 18.4 Å². The molecule has 1 amide bonds. The lowest BCUT2D eigenvalue weighted by Gasteiger charge is -2.34. The normalized spacial score (nSPS) is 17.1. The Bertz CT molecular complexity index is 902. The van der Waals surface area contributed by atoms with Crippen LogP contribution >= 0.6 is 0 Å². The summed E-state index contributed by atoms with van der Waals surface area (Å²) in [5.41, 5.74) is 3.33. The van der Waals surface area contributed by atoms with Crippen LogP contribution in [0.5, 0.6) is 0 Å². The average Bonchev–Trinajstić information content (AvgIpc) is 3.36. The van der Waals surface area contributed by atoms with Gasteiger partial charge in [0.2, 0.25) is 0 Å². The summed E-state index contributed by atoms with van der Waals surface area (Å²) >= 11 is 0. The fraction of sp³-hybridized carbons (Fsp3) is 0.300. The number of hydrogen-bond acceptors (Lipinski definition) is 4. The van der Waals surface area contributed by atoms with Crippen molar-refractivity contribution in [3.63, 3.8) is 0 Å².